The average Bonchev–Trinajstić information content (AvgIpc) is 2.25. The molecule has 0 aliphatic heterocycles. The van der Waals surface area contributed by atoms with E-state index in [-0.39, 0.29) is 5.24 Å². The first kappa shape index (κ1) is 13.2. The number of rotatable bonds is 6. The second-order valence-electron chi connectivity index (χ2n) is 4.46. The molecule has 0 radical (unpaired) electrons. The van der Waals surface area contributed by atoms with E-state index in [1.807, 2.05) is 0 Å². The third-order valence-electron chi connectivity index (χ3n) is 2.74. The van der Waals surface area contributed by atoms with Crippen molar-refractivity contribution in [2.45, 2.75) is 45.4 Å². The van der Waals surface area contributed by atoms with Gasteiger partial charge in [-0.15, -0.1) is 0 Å². The Morgan fingerprint density at radius 3 is 2.31 bits per heavy atom. The van der Waals surface area contributed by atoms with E-state index in [9.17, 15) is 4.79 Å². The van der Waals surface area contributed by atoms with Crippen molar-refractivity contribution in [3.05, 3.63) is 35.4 Å². The van der Waals surface area contributed by atoms with E-state index in [4.69, 9.17) is 11.6 Å². The molecule has 0 aliphatic carbocycles. The van der Waals surface area contributed by atoms with Crippen LogP contribution in [0.15, 0.2) is 24.3 Å². The summed E-state index contributed by atoms with van der Waals surface area (Å²) in [6.07, 6.45) is 3.43. The van der Waals surface area contributed by atoms with E-state index < -0.39 is 0 Å². The molecule has 0 saturated carbocycles. The SMILES string of the molecule is CC(C)c1ccc(CCCCC(=O)Cl)cc1. The van der Waals surface area contributed by atoms with Gasteiger partial charge in [-0.25, -0.2) is 0 Å². The van der Waals surface area contributed by atoms with Gasteiger partial charge < -0.3 is 0 Å². The summed E-state index contributed by atoms with van der Waals surface area (Å²) in [4.78, 5) is 10.5. The molecule has 0 aliphatic rings. The van der Waals surface area contributed by atoms with Crippen molar-refractivity contribution < 1.29 is 4.79 Å². The van der Waals surface area contributed by atoms with Crippen LogP contribution in [-0.2, 0) is 11.2 Å². The van der Waals surface area contributed by atoms with Gasteiger partial charge in [0.05, 0.1) is 0 Å². The fraction of sp³-hybridized carbons (Fsp3) is 0.500. The molecule has 2 heteroatoms. The molecule has 0 atom stereocenters. The number of carbonyl (C=O) groups is 1. The lowest BCUT2D eigenvalue weighted by Crippen LogP contribution is -1.91. The highest BCUT2D eigenvalue weighted by molar-refractivity contribution is 6.63. The van der Waals surface area contributed by atoms with E-state index in [2.05, 4.69) is 38.1 Å². The highest BCUT2D eigenvalue weighted by atomic mass is 35.5. The van der Waals surface area contributed by atoms with Gasteiger partial charge >= 0.3 is 0 Å². The van der Waals surface area contributed by atoms with E-state index in [1.54, 1.807) is 0 Å². The third-order valence-corrected chi connectivity index (χ3v) is 2.92. The van der Waals surface area contributed by atoms with Gasteiger partial charge in [-0.05, 0) is 47.9 Å². The van der Waals surface area contributed by atoms with Crippen molar-refractivity contribution in [3.63, 3.8) is 0 Å². The van der Waals surface area contributed by atoms with Crippen LogP contribution < -0.4 is 0 Å². The Kier molecular flexibility index (Phi) is 5.54. The van der Waals surface area contributed by atoms with E-state index in [1.165, 1.54) is 11.1 Å². The first-order valence-electron chi connectivity index (χ1n) is 5.86. The zero-order chi connectivity index (χ0) is 12.0. The number of benzene rings is 1. The van der Waals surface area contributed by atoms with Crippen LogP contribution in [0.1, 0.15) is 50.2 Å². The molecule has 0 fully saturated rings. The fourth-order valence-electron chi connectivity index (χ4n) is 1.66. The zero-order valence-corrected chi connectivity index (χ0v) is 10.8. The molecule has 88 valence electrons. The van der Waals surface area contributed by atoms with Crippen molar-refractivity contribution in [2.24, 2.45) is 0 Å². The predicted molar refractivity (Wildman–Crippen MR) is 68.9 cm³/mol. The van der Waals surface area contributed by atoms with Gasteiger partial charge in [0.2, 0.25) is 5.24 Å². The summed E-state index contributed by atoms with van der Waals surface area (Å²) in [7, 11) is 0. The molecule has 0 N–H and O–H groups in total. The first-order chi connectivity index (χ1) is 7.59. The quantitative estimate of drug-likeness (QED) is 0.534. The van der Waals surface area contributed by atoms with Gasteiger partial charge in [0.15, 0.2) is 0 Å². The van der Waals surface area contributed by atoms with Crippen LogP contribution in [0.2, 0.25) is 0 Å². The van der Waals surface area contributed by atoms with Crippen LogP contribution >= 0.6 is 11.6 Å². The van der Waals surface area contributed by atoms with Crippen LogP contribution in [0.5, 0.6) is 0 Å². The van der Waals surface area contributed by atoms with Crippen molar-refractivity contribution in [1.29, 1.82) is 0 Å². The molecule has 16 heavy (non-hydrogen) atoms. The van der Waals surface area contributed by atoms with E-state index >= 15 is 0 Å². The first-order valence-corrected chi connectivity index (χ1v) is 6.24. The molecule has 1 nitrogen and oxygen atoms in total. The van der Waals surface area contributed by atoms with Crippen LogP contribution in [0.25, 0.3) is 0 Å². The molecule has 1 aromatic rings. The maximum absolute atomic E-state index is 10.5. The predicted octanol–water partition coefficient (Wildman–Crippen LogP) is 4.29. The Morgan fingerprint density at radius 1 is 1.19 bits per heavy atom. The summed E-state index contributed by atoms with van der Waals surface area (Å²) in [5.41, 5.74) is 2.71. The molecule has 0 spiro atoms. The van der Waals surface area contributed by atoms with Crippen LogP contribution in [0.3, 0.4) is 0 Å². The van der Waals surface area contributed by atoms with E-state index in [0.29, 0.717) is 12.3 Å². The number of hydrogen-bond donors (Lipinski definition) is 0. The lowest BCUT2D eigenvalue weighted by molar-refractivity contribution is -0.111. The molecule has 0 amide bonds. The van der Waals surface area contributed by atoms with Gasteiger partial charge in [-0.3, -0.25) is 4.79 Å². The Hall–Kier alpha value is -0.820. The Balaban J connectivity index is 2.35. The number of hydrogen-bond acceptors (Lipinski definition) is 1. The van der Waals surface area contributed by atoms with Gasteiger partial charge in [0.1, 0.15) is 0 Å². The molecule has 0 aromatic heterocycles. The molecule has 1 aromatic carbocycles. The summed E-state index contributed by atoms with van der Waals surface area (Å²) in [6.45, 7) is 4.39. The van der Waals surface area contributed by atoms with Crippen molar-refractivity contribution >= 4 is 16.8 Å². The van der Waals surface area contributed by atoms with Gasteiger partial charge in [-0.1, -0.05) is 38.1 Å². The minimum absolute atomic E-state index is 0.227. The summed E-state index contributed by atoms with van der Waals surface area (Å²) in [5, 5.41) is -0.227. The Morgan fingerprint density at radius 2 is 1.81 bits per heavy atom. The normalized spacial score (nSPS) is 10.8. The topological polar surface area (TPSA) is 17.1 Å². The second kappa shape index (κ2) is 6.70. The summed E-state index contributed by atoms with van der Waals surface area (Å²) in [5.74, 6) is 0.586. The Labute approximate surface area is 103 Å². The highest BCUT2D eigenvalue weighted by Gasteiger charge is 2.00. The van der Waals surface area contributed by atoms with Gasteiger partial charge in [0, 0.05) is 6.42 Å². The zero-order valence-electron chi connectivity index (χ0n) is 10.0. The van der Waals surface area contributed by atoms with Crippen LogP contribution in [0, 0.1) is 0 Å². The highest BCUT2D eigenvalue weighted by Crippen LogP contribution is 2.16. The second-order valence-corrected chi connectivity index (χ2v) is 4.88. The molecular weight excluding hydrogens is 220 g/mol. The minimum Gasteiger partial charge on any atom is -0.281 e. The van der Waals surface area contributed by atoms with Crippen LogP contribution in [0.4, 0.5) is 0 Å². The molecule has 0 heterocycles. The van der Waals surface area contributed by atoms with Gasteiger partial charge in [-0.2, -0.15) is 0 Å². The van der Waals surface area contributed by atoms with Crippen molar-refractivity contribution in [2.75, 3.05) is 0 Å². The van der Waals surface area contributed by atoms with Crippen molar-refractivity contribution in [1.82, 2.24) is 0 Å². The summed E-state index contributed by atoms with van der Waals surface area (Å²) in [6, 6.07) is 8.73. The number of aryl methyl sites for hydroxylation is 1. The maximum atomic E-state index is 10.5. The number of unbranched alkanes of at least 4 members (excludes halogenated alkanes) is 1. The van der Waals surface area contributed by atoms with Crippen molar-refractivity contribution in [3.8, 4) is 0 Å². The number of halogens is 1. The van der Waals surface area contributed by atoms with Gasteiger partial charge in [0.25, 0.3) is 0 Å². The summed E-state index contributed by atoms with van der Waals surface area (Å²) >= 11 is 5.28. The lowest BCUT2D eigenvalue weighted by atomic mass is 10.00. The average molecular weight is 239 g/mol. The molecule has 0 unspecified atom stereocenters. The molecular formula is C14H19ClO. The summed E-state index contributed by atoms with van der Waals surface area (Å²) < 4.78 is 0. The lowest BCUT2D eigenvalue weighted by Gasteiger charge is -2.06. The van der Waals surface area contributed by atoms with Crippen LogP contribution in [-0.4, -0.2) is 5.24 Å². The maximum Gasteiger partial charge on any atom is 0.221 e. The monoisotopic (exact) mass is 238 g/mol. The molecule has 0 bridgehead atoms. The molecule has 1 rings (SSSR count). The fourth-order valence-corrected chi connectivity index (χ4v) is 1.80. The Bertz CT molecular complexity index is 327. The molecule has 0 saturated heterocycles. The minimum atomic E-state index is -0.227. The standard InChI is InChI=1S/C14H19ClO/c1-11(2)13-9-7-12(8-10-13)5-3-4-6-14(15)16/h7-11H,3-6H2,1-2H3. The smallest absolute Gasteiger partial charge is 0.221 e. The largest absolute Gasteiger partial charge is 0.281 e. The van der Waals surface area contributed by atoms with E-state index in [0.717, 1.165) is 19.3 Å². The number of carbonyl (C=O) groups excluding carboxylic acids is 1. The third kappa shape index (κ3) is 4.80.